The van der Waals surface area contributed by atoms with Gasteiger partial charge < -0.3 is 30.5 Å². The van der Waals surface area contributed by atoms with Crippen molar-refractivity contribution in [1.82, 2.24) is 10.2 Å². The maximum Gasteiger partial charge on any atom is 0.237 e. The third-order valence-corrected chi connectivity index (χ3v) is 6.51. The van der Waals surface area contributed by atoms with Gasteiger partial charge >= 0.3 is 0 Å². The van der Waals surface area contributed by atoms with Crippen LogP contribution in [0.5, 0.6) is 0 Å². The molecule has 2 heterocycles. The number of likely N-dealkylation sites (tertiary alicyclic amines) is 1. The molecule has 0 bridgehead atoms. The Kier molecular flexibility index (Phi) is 10.5. The van der Waals surface area contributed by atoms with Crippen molar-refractivity contribution >= 4 is 30.1 Å². The molecule has 28 heavy (non-hydrogen) atoms. The molecule has 0 aliphatic carbocycles. The largest absolute Gasteiger partial charge is 0.391 e. The fraction of sp³-hybridized carbons (Fsp3) is 0.944. The van der Waals surface area contributed by atoms with Gasteiger partial charge in [-0.05, 0) is 39.0 Å². The van der Waals surface area contributed by atoms with Gasteiger partial charge in [0, 0.05) is 6.54 Å². The lowest BCUT2D eigenvalue weighted by Gasteiger charge is -2.44. The molecule has 166 valence electrons. The normalized spacial score (nSPS) is 38.5. The number of carbonyl (C=O) groups excluding carboxylic acids is 1. The highest BCUT2D eigenvalue weighted by atomic mass is 35.5. The van der Waals surface area contributed by atoms with Gasteiger partial charge in [-0.25, -0.2) is 0 Å². The van der Waals surface area contributed by atoms with Crippen molar-refractivity contribution in [3.8, 4) is 0 Å². The summed E-state index contributed by atoms with van der Waals surface area (Å²) < 4.78 is 5.72. The maximum absolute atomic E-state index is 12.8. The molecule has 0 spiro atoms. The predicted octanol–water partition coefficient (Wildman–Crippen LogP) is -0.435. The first-order valence-corrected chi connectivity index (χ1v) is 10.9. The summed E-state index contributed by atoms with van der Waals surface area (Å²) in [5.41, 5.74) is -0.755. The van der Waals surface area contributed by atoms with Crippen LogP contribution in [0.2, 0.25) is 0 Å². The molecule has 0 radical (unpaired) electrons. The van der Waals surface area contributed by atoms with E-state index in [-0.39, 0.29) is 24.4 Å². The molecule has 0 aromatic heterocycles. The summed E-state index contributed by atoms with van der Waals surface area (Å²) in [6.45, 7) is 4.48. The molecule has 2 unspecified atom stereocenters. The van der Waals surface area contributed by atoms with Crippen LogP contribution in [0.3, 0.4) is 0 Å². The molecule has 2 aliphatic heterocycles. The zero-order valence-corrected chi connectivity index (χ0v) is 18.5. The first kappa shape index (κ1) is 25.9. The van der Waals surface area contributed by atoms with Crippen molar-refractivity contribution in [2.75, 3.05) is 19.8 Å². The summed E-state index contributed by atoms with van der Waals surface area (Å²) in [4.78, 5) is 14.9. The Bertz CT molecular complexity index is 501. The number of nitrogens with zero attached hydrogens (tertiary/aromatic N) is 1. The van der Waals surface area contributed by atoms with Crippen molar-refractivity contribution in [2.45, 2.75) is 81.1 Å². The summed E-state index contributed by atoms with van der Waals surface area (Å²) in [6.07, 6.45) is -1.50. The average molecular weight is 443 g/mol. The zero-order valence-electron chi connectivity index (χ0n) is 16.9. The van der Waals surface area contributed by atoms with Gasteiger partial charge in [-0.3, -0.25) is 9.69 Å². The summed E-state index contributed by atoms with van der Waals surface area (Å²) in [6, 6.07) is -1.20. The van der Waals surface area contributed by atoms with Crippen LogP contribution in [0.25, 0.3) is 0 Å². The molecule has 5 N–H and O–H groups in total. The number of rotatable bonds is 7. The van der Waals surface area contributed by atoms with E-state index >= 15 is 0 Å². The van der Waals surface area contributed by atoms with Gasteiger partial charge in [0.05, 0.1) is 18.2 Å². The van der Waals surface area contributed by atoms with E-state index < -0.39 is 42.0 Å². The number of likely N-dealkylation sites (N-methyl/N-ethyl adjacent to an activating group) is 1. The van der Waals surface area contributed by atoms with Crippen LogP contribution in [0, 0.1) is 5.92 Å². The van der Waals surface area contributed by atoms with Crippen molar-refractivity contribution < 1.29 is 30.0 Å². The number of halogens is 1. The molecular weight excluding hydrogens is 408 g/mol. The standard InChI is InChI=1S/C18H34N2O6S.ClH/c1-5-6-10-7-11(20(3)8-10)17(25)19-12(9(2)21)16-14(23)13(22)15(24)18(26-16)27-4;/h9-16,18,21-24H,5-8H2,1-4H3,(H,19,25);1H/t9?,10-,11+,12+,13+,14-,15-,16?,18-;/m1./s1. The van der Waals surface area contributed by atoms with Gasteiger partial charge in [-0.15, -0.1) is 24.2 Å². The first-order valence-electron chi connectivity index (χ1n) is 9.62. The monoisotopic (exact) mass is 442 g/mol. The van der Waals surface area contributed by atoms with Gasteiger partial charge in [0.1, 0.15) is 29.9 Å². The van der Waals surface area contributed by atoms with E-state index in [0.29, 0.717) is 5.92 Å². The second kappa shape index (κ2) is 11.3. The highest BCUT2D eigenvalue weighted by molar-refractivity contribution is 7.99. The van der Waals surface area contributed by atoms with Crippen molar-refractivity contribution in [1.29, 1.82) is 0 Å². The Balaban J connectivity index is 0.00000392. The highest BCUT2D eigenvalue weighted by Gasteiger charge is 2.48. The second-order valence-electron chi connectivity index (χ2n) is 7.80. The summed E-state index contributed by atoms with van der Waals surface area (Å²) >= 11 is 1.20. The Morgan fingerprint density at radius 2 is 1.93 bits per heavy atom. The van der Waals surface area contributed by atoms with Gasteiger partial charge in [0.25, 0.3) is 0 Å². The van der Waals surface area contributed by atoms with Gasteiger partial charge in [-0.2, -0.15) is 0 Å². The quantitative estimate of drug-likeness (QED) is 0.360. The average Bonchev–Trinajstić information content (AvgIpc) is 2.99. The molecule has 2 saturated heterocycles. The number of aliphatic hydroxyl groups excluding tert-OH is 4. The molecule has 2 fully saturated rings. The summed E-state index contributed by atoms with van der Waals surface area (Å²) in [5.74, 6) is 0.245. The summed E-state index contributed by atoms with van der Waals surface area (Å²) in [7, 11) is 1.91. The minimum atomic E-state index is -1.42. The Morgan fingerprint density at radius 3 is 2.46 bits per heavy atom. The molecule has 10 heteroatoms. The predicted molar refractivity (Wildman–Crippen MR) is 110 cm³/mol. The molecule has 1 amide bonds. The number of nitrogens with one attached hydrogen (secondary N) is 1. The van der Waals surface area contributed by atoms with Crippen LogP contribution >= 0.6 is 24.2 Å². The molecule has 0 saturated carbocycles. The smallest absolute Gasteiger partial charge is 0.237 e. The zero-order chi connectivity index (χ0) is 20.3. The topological polar surface area (TPSA) is 122 Å². The van der Waals surface area contributed by atoms with E-state index in [4.69, 9.17) is 4.74 Å². The summed E-state index contributed by atoms with van der Waals surface area (Å²) in [5, 5.41) is 43.5. The fourth-order valence-corrected chi connectivity index (χ4v) is 4.81. The number of aliphatic hydroxyl groups is 4. The van der Waals surface area contributed by atoms with E-state index in [1.165, 1.54) is 18.7 Å². The minimum Gasteiger partial charge on any atom is -0.391 e. The van der Waals surface area contributed by atoms with Gasteiger partial charge in [0.15, 0.2) is 0 Å². The lowest BCUT2D eigenvalue weighted by molar-refractivity contribution is -0.211. The van der Waals surface area contributed by atoms with Crippen molar-refractivity contribution in [3.63, 3.8) is 0 Å². The van der Waals surface area contributed by atoms with E-state index in [2.05, 4.69) is 12.2 Å². The number of carbonyl (C=O) groups is 1. The molecule has 0 aromatic rings. The maximum atomic E-state index is 12.8. The molecular formula is C18H35ClN2O6S. The number of thioether (sulfide) groups is 1. The third-order valence-electron chi connectivity index (χ3n) is 5.66. The third kappa shape index (κ3) is 5.72. The van der Waals surface area contributed by atoms with Crippen LogP contribution in [0.1, 0.15) is 33.1 Å². The number of hydrogen-bond acceptors (Lipinski definition) is 8. The van der Waals surface area contributed by atoms with Crippen molar-refractivity contribution in [2.24, 2.45) is 5.92 Å². The van der Waals surface area contributed by atoms with Crippen LogP contribution in [-0.2, 0) is 9.53 Å². The molecule has 9 atom stereocenters. The lowest BCUT2D eigenvalue weighted by atomic mass is 9.92. The Morgan fingerprint density at radius 1 is 1.29 bits per heavy atom. The van der Waals surface area contributed by atoms with Crippen LogP contribution < -0.4 is 5.32 Å². The van der Waals surface area contributed by atoms with Gasteiger partial charge in [-0.1, -0.05) is 13.3 Å². The molecule has 2 rings (SSSR count). The Labute approximate surface area is 177 Å². The van der Waals surface area contributed by atoms with E-state index in [9.17, 15) is 25.2 Å². The second-order valence-corrected chi connectivity index (χ2v) is 8.73. The number of ether oxygens (including phenoxy) is 1. The van der Waals surface area contributed by atoms with Crippen LogP contribution in [0.15, 0.2) is 0 Å². The highest BCUT2D eigenvalue weighted by Crippen LogP contribution is 2.30. The van der Waals surface area contributed by atoms with Crippen LogP contribution in [0.4, 0.5) is 0 Å². The van der Waals surface area contributed by atoms with Crippen LogP contribution in [-0.4, -0.2) is 99.1 Å². The molecule has 8 nitrogen and oxygen atoms in total. The molecule has 2 aliphatic rings. The van der Waals surface area contributed by atoms with E-state index in [1.54, 1.807) is 6.26 Å². The van der Waals surface area contributed by atoms with Crippen molar-refractivity contribution in [3.05, 3.63) is 0 Å². The number of hydrogen-bond donors (Lipinski definition) is 5. The lowest BCUT2D eigenvalue weighted by Crippen LogP contribution is -2.65. The van der Waals surface area contributed by atoms with Gasteiger partial charge in [0.2, 0.25) is 5.91 Å². The fourth-order valence-electron chi connectivity index (χ4n) is 4.13. The van der Waals surface area contributed by atoms with E-state index in [0.717, 1.165) is 25.8 Å². The Hall–Kier alpha value is -0.130. The SMILES string of the molecule is CCC[C@@H]1C[C@@H](C(=O)N[C@@H](C(C)O)C2O[C@H](SC)[C@H](O)[C@@H](O)[C@H]2O)N(C)C1.Cl. The number of amides is 1. The molecule has 0 aromatic carbocycles. The minimum absolute atomic E-state index is 0. The first-order chi connectivity index (χ1) is 12.7. The van der Waals surface area contributed by atoms with E-state index in [1.807, 2.05) is 11.9 Å².